The van der Waals surface area contributed by atoms with E-state index in [4.69, 9.17) is 4.74 Å². The van der Waals surface area contributed by atoms with Crippen LogP contribution in [0, 0.1) is 5.82 Å². The standard InChI is InChI=1S/C15H20FNO3/c1-11(2)10-20-7-6-17-9-12-4-5-13(14(16)8-12)15(18)19-3/h4-5,8,17H,1,6-7,9-10H2,2-3H3. The SMILES string of the molecule is C=C(C)COCCNCc1ccc(C(=O)OC)c(F)c1. The van der Waals surface area contributed by atoms with E-state index in [-0.39, 0.29) is 5.56 Å². The van der Waals surface area contributed by atoms with Crippen LogP contribution < -0.4 is 5.32 Å². The summed E-state index contributed by atoms with van der Waals surface area (Å²) in [7, 11) is 1.22. The van der Waals surface area contributed by atoms with Gasteiger partial charge in [0.15, 0.2) is 0 Å². The minimum atomic E-state index is -0.671. The third kappa shape index (κ3) is 5.50. The number of hydrogen-bond donors (Lipinski definition) is 1. The third-order valence-corrected chi connectivity index (χ3v) is 2.54. The van der Waals surface area contributed by atoms with Crippen LogP contribution >= 0.6 is 0 Å². The largest absolute Gasteiger partial charge is 0.465 e. The summed E-state index contributed by atoms with van der Waals surface area (Å²) >= 11 is 0. The third-order valence-electron chi connectivity index (χ3n) is 2.54. The fourth-order valence-electron chi connectivity index (χ4n) is 1.57. The molecule has 0 aliphatic carbocycles. The number of ether oxygens (including phenoxy) is 2. The molecule has 0 atom stereocenters. The van der Waals surface area contributed by atoms with Gasteiger partial charge in [-0.25, -0.2) is 9.18 Å². The summed E-state index contributed by atoms with van der Waals surface area (Å²) in [6.45, 7) is 7.92. The molecule has 0 heterocycles. The zero-order valence-corrected chi connectivity index (χ0v) is 11.9. The van der Waals surface area contributed by atoms with E-state index in [9.17, 15) is 9.18 Å². The minimum absolute atomic E-state index is 0.0546. The molecule has 0 saturated heterocycles. The molecule has 5 heteroatoms. The molecular formula is C15H20FNO3. The number of rotatable bonds is 8. The Morgan fingerprint density at radius 3 is 2.80 bits per heavy atom. The Balaban J connectivity index is 2.36. The number of benzene rings is 1. The van der Waals surface area contributed by atoms with E-state index in [1.54, 1.807) is 6.07 Å². The van der Waals surface area contributed by atoms with Crippen LogP contribution in [0.25, 0.3) is 0 Å². The second-order valence-corrected chi connectivity index (χ2v) is 4.49. The van der Waals surface area contributed by atoms with Crippen LogP contribution in [0.1, 0.15) is 22.8 Å². The first kappa shape index (κ1) is 16.3. The monoisotopic (exact) mass is 281 g/mol. The Kier molecular flexibility index (Phi) is 6.90. The maximum absolute atomic E-state index is 13.6. The zero-order chi connectivity index (χ0) is 15.0. The van der Waals surface area contributed by atoms with Crippen LogP contribution in [0.2, 0.25) is 0 Å². The van der Waals surface area contributed by atoms with E-state index in [1.165, 1.54) is 19.2 Å². The number of methoxy groups -OCH3 is 1. The van der Waals surface area contributed by atoms with Crippen molar-refractivity contribution in [3.8, 4) is 0 Å². The van der Waals surface area contributed by atoms with E-state index in [2.05, 4.69) is 16.6 Å². The van der Waals surface area contributed by atoms with Gasteiger partial charge in [0.05, 0.1) is 25.9 Å². The molecular weight excluding hydrogens is 261 g/mol. The van der Waals surface area contributed by atoms with Gasteiger partial charge in [-0.1, -0.05) is 18.2 Å². The molecule has 0 amide bonds. The summed E-state index contributed by atoms with van der Waals surface area (Å²) in [5.41, 5.74) is 1.68. The van der Waals surface area contributed by atoms with Crippen molar-refractivity contribution in [2.75, 3.05) is 26.9 Å². The van der Waals surface area contributed by atoms with Gasteiger partial charge < -0.3 is 14.8 Å². The molecule has 0 bridgehead atoms. The molecule has 4 nitrogen and oxygen atoms in total. The number of carbonyl (C=O) groups is 1. The minimum Gasteiger partial charge on any atom is -0.465 e. The van der Waals surface area contributed by atoms with Crippen molar-refractivity contribution < 1.29 is 18.7 Å². The maximum atomic E-state index is 13.6. The van der Waals surface area contributed by atoms with Crippen LogP contribution in [0.15, 0.2) is 30.4 Å². The Hall–Kier alpha value is -1.72. The maximum Gasteiger partial charge on any atom is 0.340 e. The quantitative estimate of drug-likeness (QED) is 0.451. The van der Waals surface area contributed by atoms with Crippen molar-refractivity contribution >= 4 is 5.97 Å². The second-order valence-electron chi connectivity index (χ2n) is 4.49. The van der Waals surface area contributed by atoms with Crippen molar-refractivity contribution in [1.29, 1.82) is 0 Å². The van der Waals surface area contributed by atoms with Crippen LogP contribution in [0.5, 0.6) is 0 Å². The van der Waals surface area contributed by atoms with Gasteiger partial charge in [0.25, 0.3) is 0 Å². The molecule has 0 saturated carbocycles. The van der Waals surface area contributed by atoms with Gasteiger partial charge in [-0.15, -0.1) is 0 Å². The highest BCUT2D eigenvalue weighted by atomic mass is 19.1. The van der Waals surface area contributed by atoms with Gasteiger partial charge in [-0.3, -0.25) is 0 Å². The first-order valence-electron chi connectivity index (χ1n) is 6.34. The fraction of sp³-hybridized carbons (Fsp3) is 0.400. The van der Waals surface area contributed by atoms with Gasteiger partial charge in [-0.05, 0) is 24.6 Å². The normalized spacial score (nSPS) is 10.3. The molecule has 0 fully saturated rings. The van der Waals surface area contributed by atoms with Crippen LogP contribution in [0.3, 0.4) is 0 Å². The first-order chi connectivity index (χ1) is 9.54. The predicted molar refractivity (Wildman–Crippen MR) is 75.1 cm³/mol. The van der Waals surface area contributed by atoms with Crippen molar-refractivity contribution in [1.82, 2.24) is 5.32 Å². The number of esters is 1. The van der Waals surface area contributed by atoms with E-state index in [1.807, 2.05) is 6.92 Å². The zero-order valence-electron chi connectivity index (χ0n) is 11.9. The number of carbonyl (C=O) groups excluding carboxylic acids is 1. The van der Waals surface area contributed by atoms with Gasteiger partial charge in [0.2, 0.25) is 0 Å². The number of hydrogen-bond acceptors (Lipinski definition) is 4. The van der Waals surface area contributed by atoms with Gasteiger partial charge in [-0.2, -0.15) is 0 Å². The number of nitrogens with one attached hydrogen (secondary N) is 1. The average molecular weight is 281 g/mol. The Morgan fingerprint density at radius 1 is 1.45 bits per heavy atom. The molecule has 1 N–H and O–H groups in total. The number of halogens is 1. The van der Waals surface area contributed by atoms with E-state index < -0.39 is 11.8 Å². The van der Waals surface area contributed by atoms with Crippen LogP contribution in [-0.2, 0) is 16.0 Å². The summed E-state index contributed by atoms with van der Waals surface area (Å²) in [5.74, 6) is -1.25. The smallest absolute Gasteiger partial charge is 0.340 e. The van der Waals surface area contributed by atoms with Crippen molar-refractivity contribution in [2.24, 2.45) is 0 Å². The summed E-state index contributed by atoms with van der Waals surface area (Å²) in [6, 6.07) is 4.45. The Morgan fingerprint density at radius 2 is 2.20 bits per heavy atom. The van der Waals surface area contributed by atoms with Crippen molar-refractivity contribution in [2.45, 2.75) is 13.5 Å². The molecule has 1 rings (SSSR count). The van der Waals surface area contributed by atoms with E-state index in [0.717, 1.165) is 11.1 Å². The molecule has 0 spiro atoms. The lowest BCUT2D eigenvalue weighted by Gasteiger charge is -2.07. The fourth-order valence-corrected chi connectivity index (χ4v) is 1.57. The van der Waals surface area contributed by atoms with E-state index >= 15 is 0 Å². The average Bonchev–Trinajstić information content (AvgIpc) is 2.41. The molecule has 20 heavy (non-hydrogen) atoms. The highest BCUT2D eigenvalue weighted by Gasteiger charge is 2.11. The van der Waals surface area contributed by atoms with Crippen LogP contribution in [-0.4, -0.2) is 32.8 Å². The summed E-state index contributed by atoms with van der Waals surface area (Å²) in [4.78, 5) is 11.2. The van der Waals surface area contributed by atoms with Crippen molar-refractivity contribution in [3.05, 3.63) is 47.3 Å². The highest BCUT2D eigenvalue weighted by Crippen LogP contribution is 2.11. The Bertz CT molecular complexity index is 474. The van der Waals surface area contributed by atoms with Crippen LogP contribution in [0.4, 0.5) is 4.39 Å². The van der Waals surface area contributed by atoms with E-state index in [0.29, 0.717) is 26.3 Å². The highest BCUT2D eigenvalue weighted by molar-refractivity contribution is 5.89. The molecule has 0 aliphatic rings. The molecule has 0 unspecified atom stereocenters. The molecule has 0 radical (unpaired) electrons. The van der Waals surface area contributed by atoms with Gasteiger partial charge in [0, 0.05) is 13.1 Å². The predicted octanol–water partition coefficient (Wildman–Crippen LogP) is 2.29. The molecule has 0 aliphatic heterocycles. The van der Waals surface area contributed by atoms with Gasteiger partial charge in [0.1, 0.15) is 5.82 Å². The second kappa shape index (κ2) is 8.45. The lowest BCUT2D eigenvalue weighted by atomic mass is 10.1. The lowest BCUT2D eigenvalue weighted by Crippen LogP contribution is -2.20. The molecule has 1 aromatic carbocycles. The molecule has 110 valence electrons. The Labute approximate surface area is 118 Å². The molecule has 0 aromatic heterocycles. The summed E-state index contributed by atoms with van der Waals surface area (Å²) in [6.07, 6.45) is 0. The molecule has 1 aromatic rings. The summed E-state index contributed by atoms with van der Waals surface area (Å²) < 4.78 is 23.5. The lowest BCUT2D eigenvalue weighted by molar-refractivity contribution is 0.0595. The topological polar surface area (TPSA) is 47.6 Å². The first-order valence-corrected chi connectivity index (χ1v) is 6.34. The van der Waals surface area contributed by atoms with Crippen molar-refractivity contribution in [3.63, 3.8) is 0 Å². The van der Waals surface area contributed by atoms with Gasteiger partial charge >= 0.3 is 5.97 Å². The summed E-state index contributed by atoms with van der Waals surface area (Å²) in [5, 5.41) is 3.13.